The Morgan fingerprint density at radius 2 is 1.89 bits per heavy atom. The molecule has 1 heterocycles. The molecule has 0 unspecified atom stereocenters. The highest BCUT2D eigenvalue weighted by molar-refractivity contribution is 5.92. The summed E-state index contributed by atoms with van der Waals surface area (Å²) in [5, 5.41) is 11.8. The second-order valence-corrected chi connectivity index (χ2v) is 5.01. The number of aliphatic carboxylic acids is 1. The number of carboxylic acid groups (broad SMARTS) is 1. The van der Waals surface area contributed by atoms with Crippen molar-refractivity contribution < 1.29 is 19.1 Å². The molecule has 0 radical (unpaired) electrons. The molecule has 1 aromatic heterocycles. The standard InChI is InChI=1S/C13H18N2O4/c1-7-11(19-8(2)14-7)12(16)15-10-5-3-9(4-6-10)13(17)18/h9-10H,3-6H2,1-2H3,(H,15,16)(H,17,18). The highest BCUT2D eigenvalue weighted by Gasteiger charge is 2.28. The van der Waals surface area contributed by atoms with Gasteiger partial charge in [-0.2, -0.15) is 0 Å². The molecule has 1 saturated carbocycles. The first-order chi connectivity index (χ1) is 8.97. The molecule has 0 aromatic carbocycles. The number of oxazole rings is 1. The topological polar surface area (TPSA) is 92.4 Å². The molecule has 0 saturated heterocycles. The van der Waals surface area contributed by atoms with Gasteiger partial charge in [0, 0.05) is 13.0 Å². The number of amides is 1. The van der Waals surface area contributed by atoms with Crippen molar-refractivity contribution in [3.63, 3.8) is 0 Å². The van der Waals surface area contributed by atoms with Crippen LogP contribution in [0.2, 0.25) is 0 Å². The van der Waals surface area contributed by atoms with Crippen molar-refractivity contribution in [3.8, 4) is 0 Å². The third-order valence-corrected chi connectivity index (χ3v) is 3.52. The first kappa shape index (κ1) is 13.6. The van der Waals surface area contributed by atoms with Crippen LogP contribution in [0.4, 0.5) is 0 Å². The largest absolute Gasteiger partial charge is 0.481 e. The second-order valence-electron chi connectivity index (χ2n) is 5.01. The zero-order valence-electron chi connectivity index (χ0n) is 11.1. The lowest BCUT2D eigenvalue weighted by Crippen LogP contribution is -2.38. The lowest BCUT2D eigenvalue weighted by Gasteiger charge is -2.26. The fraction of sp³-hybridized carbons (Fsp3) is 0.615. The molecule has 1 aliphatic rings. The summed E-state index contributed by atoms with van der Waals surface area (Å²) >= 11 is 0. The van der Waals surface area contributed by atoms with Gasteiger partial charge in [-0.05, 0) is 32.6 Å². The molecule has 6 heteroatoms. The Hall–Kier alpha value is -1.85. The van der Waals surface area contributed by atoms with Gasteiger partial charge in [0.2, 0.25) is 5.76 Å². The van der Waals surface area contributed by atoms with Gasteiger partial charge in [-0.1, -0.05) is 0 Å². The minimum atomic E-state index is -0.744. The van der Waals surface area contributed by atoms with Gasteiger partial charge in [-0.3, -0.25) is 9.59 Å². The number of nitrogens with zero attached hydrogens (tertiary/aromatic N) is 1. The quantitative estimate of drug-likeness (QED) is 0.868. The Kier molecular flexibility index (Phi) is 3.87. The van der Waals surface area contributed by atoms with Gasteiger partial charge in [0.1, 0.15) is 0 Å². The van der Waals surface area contributed by atoms with Crippen LogP contribution in [0.5, 0.6) is 0 Å². The van der Waals surface area contributed by atoms with E-state index in [0.29, 0.717) is 37.3 Å². The van der Waals surface area contributed by atoms with Crippen LogP contribution in [0, 0.1) is 19.8 Å². The SMILES string of the molecule is Cc1nc(C)c(C(=O)NC2CCC(C(=O)O)CC2)o1. The van der Waals surface area contributed by atoms with E-state index in [4.69, 9.17) is 9.52 Å². The summed E-state index contributed by atoms with van der Waals surface area (Å²) in [4.78, 5) is 26.9. The molecule has 6 nitrogen and oxygen atoms in total. The highest BCUT2D eigenvalue weighted by Crippen LogP contribution is 2.24. The van der Waals surface area contributed by atoms with E-state index in [-0.39, 0.29) is 23.6 Å². The number of aryl methyl sites for hydroxylation is 2. The van der Waals surface area contributed by atoms with Crippen LogP contribution in [-0.2, 0) is 4.79 Å². The van der Waals surface area contributed by atoms with Gasteiger partial charge in [0.25, 0.3) is 5.91 Å². The maximum absolute atomic E-state index is 12.0. The Morgan fingerprint density at radius 3 is 2.37 bits per heavy atom. The van der Waals surface area contributed by atoms with Gasteiger partial charge < -0.3 is 14.8 Å². The average Bonchev–Trinajstić information content (AvgIpc) is 2.69. The number of hydrogen-bond acceptors (Lipinski definition) is 4. The predicted octanol–water partition coefficient (Wildman–Crippen LogP) is 1.66. The monoisotopic (exact) mass is 266 g/mol. The fourth-order valence-corrected chi connectivity index (χ4v) is 2.48. The molecule has 1 aromatic rings. The predicted molar refractivity (Wildman–Crippen MR) is 66.8 cm³/mol. The summed E-state index contributed by atoms with van der Waals surface area (Å²) in [6.45, 7) is 3.43. The summed E-state index contributed by atoms with van der Waals surface area (Å²) in [7, 11) is 0. The van der Waals surface area contributed by atoms with Crippen LogP contribution in [0.15, 0.2) is 4.42 Å². The van der Waals surface area contributed by atoms with E-state index in [0.717, 1.165) is 0 Å². The van der Waals surface area contributed by atoms with Crippen molar-refractivity contribution in [2.45, 2.75) is 45.6 Å². The third kappa shape index (κ3) is 3.13. The lowest BCUT2D eigenvalue weighted by molar-refractivity contribution is -0.142. The van der Waals surface area contributed by atoms with Crippen LogP contribution in [0.25, 0.3) is 0 Å². The van der Waals surface area contributed by atoms with Gasteiger partial charge in [0.05, 0.1) is 11.6 Å². The van der Waals surface area contributed by atoms with Crippen molar-refractivity contribution in [1.29, 1.82) is 0 Å². The summed E-state index contributed by atoms with van der Waals surface area (Å²) in [5.41, 5.74) is 0.578. The molecular weight excluding hydrogens is 248 g/mol. The lowest BCUT2D eigenvalue weighted by atomic mass is 9.86. The zero-order valence-corrected chi connectivity index (χ0v) is 11.1. The molecule has 2 rings (SSSR count). The van der Waals surface area contributed by atoms with E-state index >= 15 is 0 Å². The van der Waals surface area contributed by atoms with Crippen molar-refractivity contribution in [1.82, 2.24) is 10.3 Å². The van der Waals surface area contributed by atoms with Gasteiger partial charge in [-0.25, -0.2) is 4.98 Å². The van der Waals surface area contributed by atoms with E-state index in [1.54, 1.807) is 13.8 Å². The van der Waals surface area contributed by atoms with Crippen molar-refractivity contribution in [2.75, 3.05) is 0 Å². The van der Waals surface area contributed by atoms with E-state index in [1.165, 1.54) is 0 Å². The number of carbonyl (C=O) groups is 2. The molecule has 104 valence electrons. The first-order valence-electron chi connectivity index (χ1n) is 6.45. The Morgan fingerprint density at radius 1 is 1.26 bits per heavy atom. The Bertz CT molecular complexity index is 487. The Balaban J connectivity index is 1.91. The van der Waals surface area contributed by atoms with Gasteiger partial charge in [-0.15, -0.1) is 0 Å². The van der Waals surface area contributed by atoms with Crippen LogP contribution < -0.4 is 5.32 Å². The van der Waals surface area contributed by atoms with E-state index in [9.17, 15) is 9.59 Å². The number of hydrogen-bond donors (Lipinski definition) is 2. The maximum atomic E-state index is 12.0. The van der Waals surface area contributed by atoms with Gasteiger partial charge >= 0.3 is 5.97 Å². The second kappa shape index (κ2) is 5.42. The Labute approximate surface area is 111 Å². The number of rotatable bonds is 3. The molecule has 2 N–H and O–H groups in total. The number of aromatic nitrogens is 1. The molecule has 1 aliphatic carbocycles. The number of carbonyl (C=O) groups excluding carboxylic acids is 1. The fourth-order valence-electron chi connectivity index (χ4n) is 2.48. The summed E-state index contributed by atoms with van der Waals surface area (Å²) in [6.07, 6.45) is 2.59. The molecule has 0 bridgehead atoms. The van der Waals surface area contributed by atoms with Gasteiger partial charge in [0.15, 0.2) is 5.89 Å². The molecule has 1 fully saturated rings. The summed E-state index contributed by atoms with van der Waals surface area (Å²) in [5.74, 6) is -0.569. The first-order valence-corrected chi connectivity index (χ1v) is 6.45. The van der Waals surface area contributed by atoms with E-state index in [1.807, 2.05) is 0 Å². The zero-order chi connectivity index (χ0) is 14.0. The minimum absolute atomic E-state index is 0.0212. The van der Waals surface area contributed by atoms with E-state index < -0.39 is 5.97 Å². The smallest absolute Gasteiger partial charge is 0.306 e. The molecular formula is C13H18N2O4. The van der Waals surface area contributed by atoms with E-state index in [2.05, 4.69) is 10.3 Å². The van der Waals surface area contributed by atoms with Crippen molar-refractivity contribution >= 4 is 11.9 Å². The van der Waals surface area contributed by atoms with Crippen LogP contribution in [0.3, 0.4) is 0 Å². The van der Waals surface area contributed by atoms with Crippen LogP contribution in [-0.4, -0.2) is 28.0 Å². The normalized spacial score (nSPS) is 23.1. The molecule has 1 amide bonds. The summed E-state index contributed by atoms with van der Waals surface area (Å²) in [6, 6.07) is 0.0212. The number of carboxylic acids is 1. The number of nitrogens with one attached hydrogen (secondary N) is 1. The van der Waals surface area contributed by atoms with Crippen LogP contribution in [0.1, 0.15) is 47.8 Å². The molecule has 0 aliphatic heterocycles. The molecule has 0 atom stereocenters. The maximum Gasteiger partial charge on any atom is 0.306 e. The average molecular weight is 266 g/mol. The van der Waals surface area contributed by atoms with Crippen molar-refractivity contribution in [2.24, 2.45) is 5.92 Å². The highest BCUT2D eigenvalue weighted by atomic mass is 16.4. The molecule has 19 heavy (non-hydrogen) atoms. The van der Waals surface area contributed by atoms with Crippen LogP contribution >= 0.6 is 0 Å². The third-order valence-electron chi connectivity index (χ3n) is 3.52. The van der Waals surface area contributed by atoms with Crippen molar-refractivity contribution in [3.05, 3.63) is 17.3 Å². The molecule has 0 spiro atoms. The minimum Gasteiger partial charge on any atom is -0.481 e. The summed E-state index contributed by atoms with van der Waals surface area (Å²) < 4.78 is 5.26.